The molecule has 0 saturated carbocycles. The fourth-order valence-electron chi connectivity index (χ4n) is 3.63. The number of unbranched alkanes of at least 4 members (excludes halogenated alkanes) is 1. The molecule has 0 spiro atoms. The largest absolute Gasteiger partial charge is 0.461 e. The van der Waals surface area contributed by atoms with Crippen molar-refractivity contribution in [2.45, 2.75) is 45.7 Å². The first-order chi connectivity index (χ1) is 15.8. The summed E-state index contributed by atoms with van der Waals surface area (Å²) in [4.78, 5) is 54.0. The zero-order valence-electron chi connectivity index (χ0n) is 18.9. The molecule has 1 unspecified atom stereocenters. The second-order valence-corrected chi connectivity index (χ2v) is 7.56. The number of esters is 1. The fraction of sp³-hybridized carbons (Fsp3) is 0.409. The van der Waals surface area contributed by atoms with Gasteiger partial charge in [0.1, 0.15) is 17.6 Å². The second kappa shape index (κ2) is 10.2. The Kier molecular flexibility index (Phi) is 7.31. The number of amides is 1. The van der Waals surface area contributed by atoms with Crippen LogP contribution >= 0.6 is 0 Å². The number of ether oxygens (including phenoxy) is 1. The van der Waals surface area contributed by atoms with Crippen molar-refractivity contribution >= 4 is 34.8 Å². The topological polar surface area (TPSA) is 143 Å². The molecule has 11 heteroatoms. The van der Waals surface area contributed by atoms with Gasteiger partial charge in [-0.05, 0) is 25.5 Å². The summed E-state index contributed by atoms with van der Waals surface area (Å²) in [7, 11) is 1.41. The Hall–Kier alpha value is -3.89. The van der Waals surface area contributed by atoms with E-state index in [1.165, 1.54) is 16.6 Å². The normalized spacial score (nSPS) is 15.3. The first-order valence-electron chi connectivity index (χ1n) is 10.8. The van der Waals surface area contributed by atoms with Gasteiger partial charge >= 0.3 is 11.7 Å². The molecule has 1 aromatic carbocycles. The minimum atomic E-state index is -0.911. The number of nitrogen functional groups attached to an aromatic ring is 1. The monoisotopic (exact) mass is 456 g/mol. The van der Waals surface area contributed by atoms with Crippen molar-refractivity contribution in [2.24, 2.45) is 5.10 Å². The first-order valence-corrected chi connectivity index (χ1v) is 10.8. The van der Waals surface area contributed by atoms with Crippen LogP contribution in [0.25, 0.3) is 0 Å². The van der Waals surface area contributed by atoms with E-state index in [1.54, 1.807) is 31.2 Å². The van der Waals surface area contributed by atoms with E-state index in [0.29, 0.717) is 18.7 Å². The molecule has 3 rings (SSSR count). The molecule has 2 heterocycles. The zero-order valence-corrected chi connectivity index (χ0v) is 18.9. The standard InChI is InChI=1S/C22H28N6O5/c1-4-6-12-27-18(23)17(19(29)24-22(27)32)26(3)20(30)16-13-15(21(31)33-5-2)25-28(16)14-10-8-7-9-11-14/h7-11,16H,4-6,12-13,23H2,1-3H3,(H,24,29,32). The van der Waals surface area contributed by atoms with Crippen molar-refractivity contribution in [3.8, 4) is 0 Å². The maximum Gasteiger partial charge on any atom is 0.354 e. The van der Waals surface area contributed by atoms with Gasteiger partial charge in [-0.15, -0.1) is 0 Å². The molecule has 11 nitrogen and oxygen atoms in total. The highest BCUT2D eigenvalue weighted by Gasteiger charge is 2.39. The van der Waals surface area contributed by atoms with Gasteiger partial charge in [0.25, 0.3) is 11.5 Å². The Labute approximate surface area is 190 Å². The second-order valence-electron chi connectivity index (χ2n) is 7.56. The number of benzene rings is 1. The summed E-state index contributed by atoms with van der Waals surface area (Å²) in [5.74, 6) is -1.22. The van der Waals surface area contributed by atoms with Crippen molar-refractivity contribution in [2.75, 3.05) is 29.3 Å². The number of H-pyrrole nitrogens is 1. The highest BCUT2D eigenvalue weighted by Crippen LogP contribution is 2.27. The van der Waals surface area contributed by atoms with Crippen molar-refractivity contribution in [1.82, 2.24) is 9.55 Å². The minimum absolute atomic E-state index is 0.00974. The van der Waals surface area contributed by atoms with E-state index in [-0.39, 0.29) is 30.2 Å². The number of hydrogen-bond donors (Lipinski definition) is 2. The van der Waals surface area contributed by atoms with Gasteiger partial charge in [-0.25, -0.2) is 9.59 Å². The van der Waals surface area contributed by atoms with Crippen molar-refractivity contribution in [3.05, 3.63) is 51.2 Å². The number of nitrogens with one attached hydrogen (secondary N) is 1. The average molecular weight is 457 g/mol. The minimum Gasteiger partial charge on any atom is -0.461 e. The smallest absolute Gasteiger partial charge is 0.354 e. The maximum absolute atomic E-state index is 13.5. The quantitative estimate of drug-likeness (QED) is 0.566. The molecule has 1 aliphatic heterocycles. The molecule has 3 N–H and O–H groups in total. The number of nitrogens with two attached hydrogens (primary N) is 1. The van der Waals surface area contributed by atoms with Gasteiger partial charge in [-0.2, -0.15) is 5.10 Å². The molecule has 1 aromatic heterocycles. The Morgan fingerprint density at radius 2 is 1.94 bits per heavy atom. The van der Waals surface area contributed by atoms with Crippen molar-refractivity contribution in [1.29, 1.82) is 0 Å². The number of anilines is 3. The van der Waals surface area contributed by atoms with Crippen LogP contribution in [0.3, 0.4) is 0 Å². The number of hydrazone groups is 1. The third kappa shape index (κ3) is 4.81. The third-order valence-corrected chi connectivity index (χ3v) is 5.34. The molecule has 2 aromatic rings. The van der Waals surface area contributed by atoms with Gasteiger partial charge in [0, 0.05) is 20.0 Å². The first kappa shape index (κ1) is 23.8. The summed E-state index contributed by atoms with van der Waals surface area (Å²) in [6.45, 7) is 4.12. The number of rotatable bonds is 8. The number of aromatic nitrogens is 2. The molecule has 1 aliphatic rings. The van der Waals surface area contributed by atoms with Crippen molar-refractivity contribution < 1.29 is 14.3 Å². The van der Waals surface area contributed by atoms with Gasteiger partial charge in [0.05, 0.1) is 12.3 Å². The molecule has 0 saturated heterocycles. The number of carbonyl (C=O) groups excluding carboxylic acids is 2. The lowest BCUT2D eigenvalue weighted by Crippen LogP contribution is -2.47. The lowest BCUT2D eigenvalue weighted by Gasteiger charge is -2.27. The summed E-state index contributed by atoms with van der Waals surface area (Å²) < 4.78 is 6.30. The highest BCUT2D eigenvalue weighted by atomic mass is 16.5. The van der Waals surface area contributed by atoms with E-state index in [0.717, 1.165) is 11.3 Å². The molecule has 0 aliphatic carbocycles. The Morgan fingerprint density at radius 1 is 1.24 bits per heavy atom. The average Bonchev–Trinajstić information content (AvgIpc) is 3.24. The highest BCUT2D eigenvalue weighted by molar-refractivity contribution is 6.38. The van der Waals surface area contributed by atoms with Crippen LogP contribution in [0.4, 0.5) is 17.2 Å². The van der Waals surface area contributed by atoms with Crippen LogP contribution < -0.4 is 26.9 Å². The van der Waals surface area contributed by atoms with Crippen LogP contribution in [-0.2, 0) is 20.9 Å². The maximum atomic E-state index is 13.5. The summed E-state index contributed by atoms with van der Waals surface area (Å²) in [6.07, 6.45) is 1.48. The van der Waals surface area contributed by atoms with E-state index in [2.05, 4.69) is 10.1 Å². The lowest BCUT2D eigenvalue weighted by molar-refractivity contribution is -0.135. The Bertz CT molecular complexity index is 1170. The number of para-hydroxylation sites is 1. The third-order valence-electron chi connectivity index (χ3n) is 5.34. The van der Waals surface area contributed by atoms with E-state index >= 15 is 0 Å². The van der Waals surface area contributed by atoms with Gasteiger partial charge in [-0.3, -0.25) is 24.1 Å². The van der Waals surface area contributed by atoms with Crippen LogP contribution in [0.2, 0.25) is 0 Å². The van der Waals surface area contributed by atoms with Crippen LogP contribution in [0.1, 0.15) is 33.1 Å². The molecule has 33 heavy (non-hydrogen) atoms. The van der Waals surface area contributed by atoms with Crippen LogP contribution in [0, 0.1) is 0 Å². The number of likely N-dealkylation sites (N-methyl/N-ethyl adjacent to an activating group) is 1. The SMILES string of the molecule is CCCCn1c(N)c(N(C)C(=O)C2CC(C(=O)OCC)=NN2c2ccccc2)c(=O)[nH]c1=O. The molecule has 0 radical (unpaired) electrons. The molecular formula is C22H28N6O5. The molecule has 0 bridgehead atoms. The number of nitrogens with zero attached hydrogens (tertiary/aromatic N) is 4. The van der Waals surface area contributed by atoms with E-state index in [4.69, 9.17) is 10.5 Å². The van der Waals surface area contributed by atoms with Gasteiger partial charge in [0.2, 0.25) is 0 Å². The van der Waals surface area contributed by atoms with Gasteiger partial charge < -0.3 is 15.4 Å². The number of hydrogen-bond acceptors (Lipinski definition) is 8. The van der Waals surface area contributed by atoms with E-state index in [9.17, 15) is 19.2 Å². The summed E-state index contributed by atoms with van der Waals surface area (Å²) in [5, 5.41) is 5.76. The predicted octanol–water partition coefficient (Wildman–Crippen LogP) is 1.08. The predicted molar refractivity (Wildman–Crippen MR) is 125 cm³/mol. The van der Waals surface area contributed by atoms with E-state index in [1.807, 2.05) is 13.0 Å². The molecular weight excluding hydrogens is 428 g/mol. The van der Waals surface area contributed by atoms with Crippen LogP contribution in [0.5, 0.6) is 0 Å². The number of aromatic amines is 1. The molecule has 1 amide bonds. The summed E-state index contributed by atoms with van der Waals surface area (Å²) in [5.41, 5.74) is 5.32. The summed E-state index contributed by atoms with van der Waals surface area (Å²) in [6, 6.07) is 7.98. The lowest BCUT2D eigenvalue weighted by atomic mass is 10.1. The Morgan fingerprint density at radius 3 is 2.58 bits per heavy atom. The van der Waals surface area contributed by atoms with Gasteiger partial charge in [0.15, 0.2) is 5.69 Å². The van der Waals surface area contributed by atoms with Gasteiger partial charge in [-0.1, -0.05) is 31.5 Å². The van der Waals surface area contributed by atoms with Crippen LogP contribution in [0.15, 0.2) is 45.0 Å². The molecule has 176 valence electrons. The molecule has 1 atom stereocenters. The van der Waals surface area contributed by atoms with Crippen molar-refractivity contribution in [3.63, 3.8) is 0 Å². The fourth-order valence-corrected chi connectivity index (χ4v) is 3.63. The van der Waals surface area contributed by atoms with Crippen LogP contribution in [-0.4, -0.2) is 46.8 Å². The summed E-state index contributed by atoms with van der Waals surface area (Å²) >= 11 is 0. The van der Waals surface area contributed by atoms with E-state index < -0.39 is 29.2 Å². The Balaban J connectivity index is 1.99. The zero-order chi connectivity index (χ0) is 24.1. The number of carbonyl (C=O) groups is 2. The molecule has 0 fully saturated rings.